The van der Waals surface area contributed by atoms with Gasteiger partial charge in [0.05, 0.1) is 36.6 Å². The van der Waals surface area contributed by atoms with Gasteiger partial charge in [-0.25, -0.2) is 9.18 Å². The first-order chi connectivity index (χ1) is 18.7. The maximum atomic E-state index is 15.0. The number of ether oxygens (including phenoxy) is 2. The minimum absolute atomic E-state index is 0.0139. The van der Waals surface area contributed by atoms with Crippen LogP contribution in [-0.4, -0.2) is 36.4 Å². The molecule has 2 saturated heterocycles. The van der Waals surface area contributed by atoms with Gasteiger partial charge in [0.15, 0.2) is 0 Å². The highest BCUT2D eigenvalue weighted by Gasteiger charge is 2.43. The third kappa shape index (κ3) is 4.90. The van der Waals surface area contributed by atoms with Gasteiger partial charge in [0.1, 0.15) is 17.3 Å². The van der Waals surface area contributed by atoms with Crippen LogP contribution in [0.5, 0.6) is 0 Å². The van der Waals surface area contributed by atoms with Crippen LogP contribution in [0.4, 0.5) is 23.2 Å². The van der Waals surface area contributed by atoms with Crippen molar-refractivity contribution in [2.75, 3.05) is 12.0 Å². The molecule has 1 aliphatic carbocycles. The summed E-state index contributed by atoms with van der Waals surface area (Å²) in [7, 11) is 1.25. The SMILES string of the molecule is COC(=O)c1ccc(N2C3CC[C@H]2CC(OCc2c(-c4ccccc4C(F)(F)F)noc2C2CC2)C3)c(F)c1. The highest BCUT2D eigenvalue weighted by Crippen LogP contribution is 2.47. The Morgan fingerprint density at radius 1 is 1.08 bits per heavy atom. The van der Waals surface area contributed by atoms with Crippen LogP contribution < -0.4 is 4.90 Å². The predicted octanol–water partition coefficient (Wildman–Crippen LogP) is 6.88. The minimum atomic E-state index is -4.52. The highest BCUT2D eigenvalue weighted by molar-refractivity contribution is 5.89. The lowest BCUT2D eigenvalue weighted by atomic mass is 9.97. The standard InChI is InChI=1S/C29H28F4N2O4/c1-37-28(36)17-8-11-25(24(30)12-17)35-18-9-10-19(35)14-20(13-18)38-15-22-26(34-39-27(22)16-6-7-16)21-4-2-3-5-23(21)29(31,32)33/h2-5,8,11-12,16,18-20H,6-7,9-10,13-15H2,1H3/t18-,19?,20?/m0/s1. The second-order valence-electron chi connectivity index (χ2n) is 10.5. The summed E-state index contributed by atoms with van der Waals surface area (Å²) in [5.41, 5.74) is 0.599. The number of aromatic nitrogens is 1. The van der Waals surface area contributed by atoms with Gasteiger partial charge in [-0.05, 0) is 62.8 Å². The molecule has 206 valence electrons. The van der Waals surface area contributed by atoms with Crippen LogP contribution in [0, 0.1) is 5.82 Å². The van der Waals surface area contributed by atoms with Gasteiger partial charge in [0, 0.05) is 29.1 Å². The Labute approximate surface area is 222 Å². The number of fused-ring (bicyclic) bond motifs is 2. The van der Waals surface area contributed by atoms with Crippen molar-refractivity contribution in [3.8, 4) is 11.3 Å². The Morgan fingerprint density at radius 2 is 1.79 bits per heavy atom. The Bertz CT molecular complexity index is 1370. The van der Waals surface area contributed by atoms with E-state index in [0.29, 0.717) is 29.9 Å². The van der Waals surface area contributed by atoms with Crippen LogP contribution in [0.2, 0.25) is 0 Å². The van der Waals surface area contributed by atoms with Gasteiger partial charge in [-0.15, -0.1) is 0 Å². The molecule has 2 bridgehead atoms. The van der Waals surface area contributed by atoms with Gasteiger partial charge in [-0.1, -0.05) is 23.4 Å². The number of nitrogens with zero attached hydrogens (tertiary/aromatic N) is 2. The molecular weight excluding hydrogens is 516 g/mol. The summed E-state index contributed by atoms with van der Waals surface area (Å²) in [6, 6.07) is 9.90. The summed E-state index contributed by atoms with van der Waals surface area (Å²) in [4.78, 5) is 13.9. The van der Waals surface area contributed by atoms with Crippen LogP contribution >= 0.6 is 0 Å². The largest absolute Gasteiger partial charge is 0.465 e. The zero-order valence-electron chi connectivity index (χ0n) is 21.3. The summed E-state index contributed by atoms with van der Waals surface area (Å²) in [6.07, 6.45) is 0.242. The van der Waals surface area contributed by atoms with E-state index in [1.165, 1.54) is 25.3 Å². The number of alkyl halides is 3. The smallest absolute Gasteiger partial charge is 0.417 e. The quantitative estimate of drug-likeness (QED) is 0.239. The third-order valence-corrected chi connectivity index (χ3v) is 8.05. The lowest BCUT2D eigenvalue weighted by Gasteiger charge is -2.40. The molecule has 0 amide bonds. The summed E-state index contributed by atoms with van der Waals surface area (Å²) < 4.78 is 72.9. The average Bonchev–Trinajstić information content (AvgIpc) is 3.62. The highest BCUT2D eigenvalue weighted by atomic mass is 19.4. The van der Waals surface area contributed by atoms with Gasteiger partial charge in [-0.3, -0.25) is 0 Å². The molecule has 2 aliphatic heterocycles. The van der Waals surface area contributed by atoms with Gasteiger partial charge < -0.3 is 18.9 Å². The Hall–Kier alpha value is -3.40. The van der Waals surface area contributed by atoms with Crippen LogP contribution in [0.3, 0.4) is 0 Å². The lowest BCUT2D eigenvalue weighted by Crippen LogP contribution is -2.46. The molecule has 2 aromatic carbocycles. The molecule has 3 aromatic rings. The Balaban J connectivity index is 1.20. The number of halogens is 4. The number of methoxy groups -OCH3 is 1. The van der Waals surface area contributed by atoms with Crippen molar-refractivity contribution in [1.82, 2.24) is 5.16 Å². The topological polar surface area (TPSA) is 64.8 Å². The Kier molecular flexibility index (Phi) is 6.61. The summed E-state index contributed by atoms with van der Waals surface area (Å²) in [6.45, 7) is 0.100. The lowest BCUT2D eigenvalue weighted by molar-refractivity contribution is -0.137. The van der Waals surface area contributed by atoms with E-state index in [1.807, 2.05) is 0 Å². The van der Waals surface area contributed by atoms with E-state index < -0.39 is 23.5 Å². The Morgan fingerprint density at radius 3 is 2.44 bits per heavy atom. The second-order valence-corrected chi connectivity index (χ2v) is 10.5. The number of piperidine rings is 1. The van der Waals surface area contributed by atoms with E-state index >= 15 is 4.39 Å². The summed E-state index contributed by atoms with van der Waals surface area (Å²) in [5, 5.41) is 4.08. The molecule has 3 fully saturated rings. The third-order valence-electron chi connectivity index (χ3n) is 8.05. The van der Waals surface area contributed by atoms with Gasteiger partial charge in [-0.2, -0.15) is 13.2 Å². The van der Waals surface area contributed by atoms with Gasteiger partial charge in [0.2, 0.25) is 0 Å². The number of rotatable bonds is 7. The van der Waals surface area contributed by atoms with Crippen molar-refractivity contribution < 1.29 is 36.4 Å². The van der Waals surface area contributed by atoms with Crippen LogP contribution in [0.15, 0.2) is 47.0 Å². The molecule has 6 rings (SSSR count). The van der Waals surface area contributed by atoms with E-state index in [9.17, 15) is 18.0 Å². The number of benzene rings is 2. The molecule has 6 nitrogen and oxygen atoms in total. The fraction of sp³-hybridized carbons (Fsp3) is 0.448. The van der Waals surface area contributed by atoms with Crippen LogP contribution in [0.25, 0.3) is 11.3 Å². The summed E-state index contributed by atoms with van der Waals surface area (Å²) >= 11 is 0. The predicted molar refractivity (Wildman–Crippen MR) is 134 cm³/mol. The van der Waals surface area contributed by atoms with Crippen LogP contribution in [-0.2, 0) is 22.3 Å². The van der Waals surface area contributed by atoms with Gasteiger partial charge in [0.25, 0.3) is 0 Å². The average molecular weight is 545 g/mol. The van der Waals surface area contributed by atoms with E-state index in [2.05, 4.69) is 14.8 Å². The number of anilines is 1. The molecule has 2 unspecified atom stereocenters. The second kappa shape index (κ2) is 9.97. The van der Waals surface area contributed by atoms with Crippen molar-refractivity contribution in [2.45, 2.75) is 75.4 Å². The van der Waals surface area contributed by atoms with Crippen molar-refractivity contribution in [2.24, 2.45) is 0 Å². The number of hydrogen-bond acceptors (Lipinski definition) is 6. The molecule has 3 heterocycles. The fourth-order valence-electron chi connectivity index (χ4n) is 6.10. The number of hydrogen-bond donors (Lipinski definition) is 0. The first-order valence-corrected chi connectivity index (χ1v) is 13.2. The fourth-order valence-corrected chi connectivity index (χ4v) is 6.10. The number of carbonyl (C=O) groups excluding carboxylic acids is 1. The van der Waals surface area contributed by atoms with E-state index in [-0.39, 0.29) is 47.5 Å². The molecule has 0 radical (unpaired) electrons. The molecular formula is C29H28F4N2O4. The zero-order chi connectivity index (χ0) is 27.3. The summed E-state index contributed by atoms with van der Waals surface area (Å²) in [5.74, 6) is -0.306. The molecule has 39 heavy (non-hydrogen) atoms. The maximum Gasteiger partial charge on any atom is 0.417 e. The molecule has 3 aliphatic rings. The minimum Gasteiger partial charge on any atom is -0.465 e. The molecule has 10 heteroatoms. The van der Waals surface area contributed by atoms with E-state index in [4.69, 9.17) is 9.26 Å². The maximum absolute atomic E-state index is 15.0. The molecule has 0 spiro atoms. The van der Waals surface area contributed by atoms with Crippen molar-refractivity contribution in [3.05, 3.63) is 70.7 Å². The van der Waals surface area contributed by atoms with Crippen LogP contribution in [0.1, 0.15) is 71.7 Å². The van der Waals surface area contributed by atoms with Crippen molar-refractivity contribution in [3.63, 3.8) is 0 Å². The molecule has 1 saturated carbocycles. The normalized spacial score (nSPS) is 22.8. The first kappa shape index (κ1) is 25.9. The molecule has 3 atom stereocenters. The van der Waals surface area contributed by atoms with Crippen molar-refractivity contribution >= 4 is 11.7 Å². The van der Waals surface area contributed by atoms with Gasteiger partial charge >= 0.3 is 12.1 Å². The first-order valence-electron chi connectivity index (χ1n) is 13.2. The number of esters is 1. The molecule has 0 N–H and O–H groups in total. The van der Waals surface area contributed by atoms with E-state index in [1.54, 1.807) is 18.2 Å². The van der Waals surface area contributed by atoms with E-state index in [0.717, 1.165) is 31.7 Å². The zero-order valence-corrected chi connectivity index (χ0v) is 21.3. The number of carbonyl (C=O) groups is 1. The molecule has 1 aromatic heterocycles. The monoisotopic (exact) mass is 544 g/mol. The van der Waals surface area contributed by atoms with Crippen molar-refractivity contribution in [1.29, 1.82) is 0 Å².